The summed E-state index contributed by atoms with van der Waals surface area (Å²) in [5.41, 5.74) is -0.677. The molecule has 0 spiro atoms. The van der Waals surface area contributed by atoms with E-state index >= 15 is 0 Å². The molecular weight excluding hydrogens is 210 g/mol. The van der Waals surface area contributed by atoms with Crippen molar-refractivity contribution < 1.29 is 19.7 Å². The second-order valence-corrected chi connectivity index (χ2v) is 4.28. The molecule has 0 aromatic carbocycles. The topological polar surface area (TPSA) is 71.0 Å². The maximum Gasteiger partial charge on any atom is 0.0897 e. The molecule has 0 aromatic rings. The Kier molecular flexibility index (Phi) is 6.23. The molecule has 0 aliphatic carbocycles. The monoisotopic (exact) mass is 233 g/mol. The van der Waals surface area contributed by atoms with Gasteiger partial charge in [-0.3, -0.25) is 0 Å². The Labute approximate surface area is 96.7 Å². The Morgan fingerprint density at radius 3 is 2.75 bits per heavy atom. The van der Waals surface area contributed by atoms with E-state index in [9.17, 15) is 10.2 Å². The van der Waals surface area contributed by atoms with Crippen LogP contribution in [0.5, 0.6) is 0 Å². The number of hydrogen-bond acceptors (Lipinski definition) is 5. The quantitative estimate of drug-likeness (QED) is 0.554. The first-order valence-electron chi connectivity index (χ1n) is 5.93. The van der Waals surface area contributed by atoms with Gasteiger partial charge in [-0.2, -0.15) is 0 Å². The standard InChI is InChI=1S/C11H23NO4/c1-2-15-8-10(13)7-12-9-11(14)3-5-16-6-4-11/h10,12-14H,2-9H2,1H3. The summed E-state index contributed by atoms with van der Waals surface area (Å²) in [6, 6.07) is 0. The van der Waals surface area contributed by atoms with Crippen LogP contribution >= 0.6 is 0 Å². The fourth-order valence-corrected chi connectivity index (χ4v) is 1.71. The van der Waals surface area contributed by atoms with Crippen LogP contribution < -0.4 is 5.32 Å². The molecule has 1 aliphatic rings. The van der Waals surface area contributed by atoms with E-state index in [2.05, 4.69) is 5.32 Å². The number of aliphatic hydroxyl groups is 2. The van der Waals surface area contributed by atoms with Gasteiger partial charge in [-0.05, 0) is 6.92 Å². The normalized spacial score (nSPS) is 21.9. The molecule has 0 bridgehead atoms. The highest BCUT2D eigenvalue weighted by molar-refractivity contribution is 4.83. The molecule has 1 heterocycles. The summed E-state index contributed by atoms with van der Waals surface area (Å²) >= 11 is 0. The van der Waals surface area contributed by atoms with Gasteiger partial charge in [-0.25, -0.2) is 0 Å². The third-order valence-electron chi connectivity index (χ3n) is 2.77. The highest BCUT2D eigenvalue weighted by atomic mass is 16.5. The van der Waals surface area contributed by atoms with E-state index in [0.717, 1.165) is 0 Å². The van der Waals surface area contributed by atoms with Gasteiger partial charge < -0.3 is 25.0 Å². The molecule has 5 heteroatoms. The maximum atomic E-state index is 10.1. The minimum Gasteiger partial charge on any atom is -0.389 e. The molecule has 1 aliphatic heterocycles. The molecule has 16 heavy (non-hydrogen) atoms. The predicted octanol–water partition coefficient (Wildman–Crippen LogP) is -0.485. The second kappa shape index (κ2) is 7.19. The highest BCUT2D eigenvalue weighted by Crippen LogP contribution is 2.18. The molecule has 0 amide bonds. The molecule has 5 nitrogen and oxygen atoms in total. The third kappa shape index (κ3) is 5.23. The lowest BCUT2D eigenvalue weighted by Gasteiger charge is -2.32. The van der Waals surface area contributed by atoms with Gasteiger partial charge in [0.2, 0.25) is 0 Å². The molecule has 1 atom stereocenters. The summed E-state index contributed by atoms with van der Waals surface area (Å²) < 4.78 is 10.3. The zero-order valence-corrected chi connectivity index (χ0v) is 9.95. The van der Waals surface area contributed by atoms with Crippen LogP contribution in [0.15, 0.2) is 0 Å². The van der Waals surface area contributed by atoms with Crippen molar-refractivity contribution in [1.82, 2.24) is 5.32 Å². The van der Waals surface area contributed by atoms with E-state index in [4.69, 9.17) is 9.47 Å². The number of nitrogens with one attached hydrogen (secondary N) is 1. The maximum absolute atomic E-state index is 10.1. The summed E-state index contributed by atoms with van der Waals surface area (Å²) in [4.78, 5) is 0. The van der Waals surface area contributed by atoms with Crippen molar-refractivity contribution in [1.29, 1.82) is 0 Å². The van der Waals surface area contributed by atoms with Crippen LogP contribution in [-0.2, 0) is 9.47 Å². The van der Waals surface area contributed by atoms with Crippen LogP contribution in [0.1, 0.15) is 19.8 Å². The van der Waals surface area contributed by atoms with Crippen LogP contribution in [0.4, 0.5) is 0 Å². The minimum atomic E-state index is -0.677. The van der Waals surface area contributed by atoms with Gasteiger partial charge in [0, 0.05) is 45.8 Å². The van der Waals surface area contributed by atoms with Gasteiger partial charge in [0.25, 0.3) is 0 Å². The van der Waals surface area contributed by atoms with Crippen LogP contribution in [0, 0.1) is 0 Å². The summed E-state index contributed by atoms with van der Waals surface area (Å²) in [5.74, 6) is 0. The summed E-state index contributed by atoms with van der Waals surface area (Å²) in [6.45, 7) is 5.01. The van der Waals surface area contributed by atoms with E-state index in [1.807, 2.05) is 6.92 Å². The molecule has 1 saturated heterocycles. The first-order valence-corrected chi connectivity index (χ1v) is 5.93. The first kappa shape index (κ1) is 13.9. The predicted molar refractivity (Wildman–Crippen MR) is 60.4 cm³/mol. The zero-order valence-electron chi connectivity index (χ0n) is 9.95. The lowest BCUT2D eigenvalue weighted by molar-refractivity contribution is -0.0631. The Bertz CT molecular complexity index is 183. The van der Waals surface area contributed by atoms with Gasteiger partial charge in [0.05, 0.1) is 18.3 Å². The van der Waals surface area contributed by atoms with Gasteiger partial charge in [-0.15, -0.1) is 0 Å². The Balaban J connectivity index is 2.09. The van der Waals surface area contributed by atoms with Crippen LogP contribution in [-0.4, -0.2) is 61.4 Å². The van der Waals surface area contributed by atoms with Gasteiger partial charge >= 0.3 is 0 Å². The Morgan fingerprint density at radius 1 is 1.44 bits per heavy atom. The second-order valence-electron chi connectivity index (χ2n) is 4.28. The number of rotatable bonds is 7. The SMILES string of the molecule is CCOCC(O)CNCC1(O)CCOCC1. The van der Waals surface area contributed by atoms with Crippen molar-refractivity contribution >= 4 is 0 Å². The van der Waals surface area contributed by atoms with Crippen molar-refractivity contribution in [2.45, 2.75) is 31.5 Å². The largest absolute Gasteiger partial charge is 0.389 e. The molecule has 1 rings (SSSR count). The van der Waals surface area contributed by atoms with Crippen molar-refractivity contribution in [3.05, 3.63) is 0 Å². The van der Waals surface area contributed by atoms with E-state index in [0.29, 0.717) is 52.4 Å². The Morgan fingerprint density at radius 2 is 2.12 bits per heavy atom. The number of aliphatic hydroxyl groups excluding tert-OH is 1. The van der Waals surface area contributed by atoms with E-state index in [1.165, 1.54) is 0 Å². The molecular formula is C11H23NO4. The fraction of sp³-hybridized carbons (Fsp3) is 1.00. The number of hydrogen-bond donors (Lipinski definition) is 3. The highest BCUT2D eigenvalue weighted by Gasteiger charge is 2.29. The Hall–Kier alpha value is -0.200. The fourth-order valence-electron chi connectivity index (χ4n) is 1.71. The van der Waals surface area contributed by atoms with Gasteiger partial charge in [-0.1, -0.05) is 0 Å². The van der Waals surface area contributed by atoms with Gasteiger partial charge in [0.1, 0.15) is 0 Å². The van der Waals surface area contributed by atoms with Crippen molar-refractivity contribution in [3.8, 4) is 0 Å². The smallest absolute Gasteiger partial charge is 0.0897 e. The van der Waals surface area contributed by atoms with Crippen LogP contribution in [0.2, 0.25) is 0 Å². The average Bonchev–Trinajstić information content (AvgIpc) is 2.27. The minimum absolute atomic E-state index is 0.338. The molecule has 96 valence electrons. The van der Waals surface area contributed by atoms with E-state index in [-0.39, 0.29) is 0 Å². The lowest BCUT2D eigenvalue weighted by atomic mass is 9.94. The zero-order chi connectivity index (χ0) is 11.9. The third-order valence-corrected chi connectivity index (χ3v) is 2.77. The summed E-state index contributed by atoms with van der Waals surface area (Å²) in [7, 11) is 0. The first-order chi connectivity index (χ1) is 7.66. The molecule has 1 fully saturated rings. The molecule has 0 aromatic heterocycles. The molecule has 1 unspecified atom stereocenters. The van der Waals surface area contributed by atoms with Crippen LogP contribution in [0.25, 0.3) is 0 Å². The van der Waals surface area contributed by atoms with Crippen molar-refractivity contribution in [2.75, 3.05) is 39.5 Å². The van der Waals surface area contributed by atoms with Crippen molar-refractivity contribution in [3.63, 3.8) is 0 Å². The molecule has 3 N–H and O–H groups in total. The van der Waals surface area contributed by atoms with Gasteiger partial charge in [0.15, 0.2) is 0 Å². The lowest BCUT2D eigenvalue weighted by Crippen LogP contribution is -2.47. The van der Waals surface area contributed by atoms with Crippen LogP contribution in [0.3, 0.4) is 0 Å². The average molecular weight is 233 g/mol. The summed E-state index contributed by atoms with van der Waals surface area (Å²) in [5, 5.41) is 22.7. The molecule has 0 radical (unpaired) electrons. The van der Waals surface area contributed by atoms with E-state index in [1.54, 1.807) is 0 Å². The molecule has 0 saturated carbocycles. The van der Waals surface area contributed by atoms with E-state index < -0.39 is 11.7 Å². The van der Waals surface area contributed by atoms with Crippen molar-refractivity contribution in [2.24, 2.45) is 0 Å². The number of ether oxygens (including phenoxy) is 2. The summed E-state index contributed by atoms with van der Waals surface area (Å²) in [6.07, 6.45) is 0.798.